The standard InChI is InChI=1S/C18H19NO2S/c1-11-3-8-16-14(9-11)10-17(22-16)18(21)19-15-6-4-13(5-7-15)12(2)20/h4-7,10-11H,3,8-9H2,1-2H3,(H,19,21)/t11-/m1/s1. The molecule has 0 radical (unpaired) electrons. The molecule has 3 rings (SSSR count). The Bertz CT molecular complexity index is 715. The Kier molecular flexibility index (Phi) is 4.12. The van der Waals surface area contributed by atoms with E-state index in [0.29, 0.717) is 11.5 Å². The van der Waals surface area contributed by atoms with Crippen LogP contribution in [0.15, 0.2) is 30.3 Å². The number of carbonyl (C=O) groups is 2. The van der Waals surface area contributed by atoms with Gasteiger partial charge in [-0.05, 0) is 68.0 Å². The average Bonchev–Trinajstić information content (AvgIpc) is 2.91. The van der Waals surface area contributed by atoms with Crippen LogP contribution in [0.25, 0.3) is 0 Å². The predicted molar refractivity (Wildman–Crippen MR) is 89.9 cm³/mol. The molecule has 1 aliphatic carbocycles. The topological polar surface area (TPSA) is 46.2 Å². The number of anilines is 1. The minimum absolute atomic E-state index is 0.0259. The molecule has 1 atom stereocenters. The minimum atomic E-state index is -0.0670. The fourth-order valence-corrected chi connectivity index (χ4v) is 3.90. The third-order valence-electron chi connectivity index (χ3n) is 4.10. The Hall–Kier alpha value is -1.94. The highest BCUT2D eigenvalue weighted by Crippen LogP contribution is 2.32. The first-order valence-electron chi connectivity index (χ1n) is 7.57. The fraction of sp³-hybridized carbons (Fsp3) is 0.333. The molecule has 0 unspecified atom stereocenters. The lowest BCUT2D eigenvalue weighted by Crippen LogP contribution is -2.10. The van der Waals surface area contributed by atoms with Gasteiger partial charge in [0.05, 0.1) is 4.88 Å². The molecule has 0 saturated carbocycles. The predicted octanol–water partition coefficient (Wildman–Crippen LogP) is 4.33. The Morgan fingerprint density at radius 1 is 1.23 bits per heavy atom. The quantitative estimate of drug-likeness (QED) is 0.857. The van der Waals surface area contributed by atoms with Crippen LogP contribution in [0.1, 0.15) is 50.7 Å². The summed E-state index contributed by atoms with van der Waals surface area (Å²) < 4.78 is 0. The van der Waals surface area contributed by atoms with Gasteiger partial charge >= 0.3 is 0 Å². The van der Waals surface area contributed by atoms with Crippen LogP contribution in [0.2, 0.25) is 0 Å². The molecule has 4 heteroatoms. The maximum atomic E-state index is 12.4. The van der Waals surface area contributed by atoms with E-state index >= 15 is 0 Å². The van der Waals surface area contributed by atoms with Gasteiger partial charge in [-0.1, -0.05) is 6.92 Å². The molecule has 1 N–H and O–H groups in total. The molecule has 1 heterocycles. The van der Waals surface area contributed by atoms with Gasteiger partial charge in [0.25, 0.3) is 5.91 Å². The summed E-state index contributed by atoms with van der Waals surface area (Å²) in [5, 5.41) is 2.90. The fourth-order valence-electron chi connectivity index (χ4n) is 2.80. The maximum absolute atomic E-state index is 12.4. The first kappa shape index (κ1) is 15.0. The van der Waals surface area contributed by atoms with Crippen molar-refractivity contribution in [3.63, 3.8) is 0 Å². The summed E-state index contributed by atoms with van der Waals surface area (Å²) in [5.74, 6) is 0.665. The molecular formula is C18H19NO2S. The minimum Gasteiger partial charge on any atom is -0.321 e. The van der Waals surface area contributed by atoms with Gasteiger partial charge < -0.3 is 5.32 Å². The lowest BCUT2D eigenvalue weighted by Gasteiger charge is -2.16. The Morgan fingerprint density at radius 2 is 1.95 bits per heavy atom. The van der Waals surface area contributed by atoms with Crippen molar-refractivity contribution in [2.24, 2.45) is 5.92 Å². The zero-order valence-electron chi connectivity index (χ0n) is 12.8. The van der Waals surface area contributed by atoms with E-state index < -0.39 is 0 Å². The van der Waals surface area contributed by atoms with Crippen LogP contribution in [-0.4, -0.2) is 11.7 Å². The molecule has 1 aliphatic rings. The van der Waals surface area contributed by atoms with E-state index in [1.807, 2.05) is 6.07 Å². The normalized spacial score (nSPS) is 16.9. The molecule has 0 aliphatic heterocycles. The van der Waals surface area contributed by atoms with Gasteiger partial charge in [0.15, 0.2) is 5.78 Å². The van der Waals surface area contributed by atoms with E-state index in [2.05, 4.69) is 12.2 Å². The average molecular weight is 313 g/mol. The second-order valence-corrected chi connectivity index (χ2v) is 7.13. The maximum Gasteiger partial charge on any atom is 0.265 e. The van der Waals surface area contributed by atoms with Crippen molar-refractivity contribution in [2.75, 3.05) is 5.32 Å². The molecule has 1 aromatic carbocycles. The molecule has 3 nitrogen and oxygen atoms in total. The number of thiophene rings is 1. The zero-order valence-corrected chi connectivity index (χ0v) is 13.6. The Labute approximate surface area is 134 Å². The molecule has 22 heavy (non-hydrogen) atoms. The van der Waals surface area contributed by atoms with Crippen LogP contribution in [0.4, 0.5) is 5.69 Å². The summed E-state index contributed by atoms with van der Waals surface area (Å²) in [6, 6.07) is 9.04. The monoisotopic (exact) mass is 313 g/mol. The summed E-state index contributed by atoms with van der Waals surface area (Å²) in [7, 11) is 0. The number of amides is 1. The largest absolute Gasteiger partial charge is 0.321 e. The summed E-state index contributed by atoms with van der Waals surface area (Å²) in [6.07, 6.45) is 3.37. The summed E-state index contributed by atoms with van der Waals surface area (Å²) in [5.41, 5.74) is 2.70. The van der Waals surface area contributed by atoms with E-state index in [1.54, 1.807) is 35.6 Å². The molecular weight excluding hydrogens is 294 g/mol. The van der Waals surface area contributed by atoms with Crippen LogP contribution in [-0.2, 0) is 12.8 Å². The summed E-state index contributed by atoms with van der Waals surface area (Å²) in [4.78, 5) is 25.7. The van der Waals surface area contributed by atoms with Crippen molar-refractivity contribution in [1.29, 1.82) is 0 Å². The Balaban J connectivity index is 1.73. The smallest absolute Gasteiger partial charge is 0.265 e. The first-order valence-corrected chi connectivity index (χ1v) is 8.38. The molecule has 1 aromatic heterocycles. The molecule has 1 amide bonds. The number of carbonyl (C=O) groups excluding carboxylic acids is 2. The van der Waals surface area contributed by atoms with Crippen molar-refractivity contribution >= 4 is 28.7 Å². The van der Waals surface area contributed by atoms with E-state index in [4.69, 9.17) is 0 Å². The van der Waals surface area contributed by atoms with E-state index in [9.17, 15) is 9.59 Å². The third-order valence-corrected chi connectivity index (χ3v) is 5.34. The SMILES string of the molecule is CC(=O)c1ccc(NC(=O)c2cc3c(s2)CC[C@@H](C)C3)cc1. The molecule has 114 valence electrons. The van der Waals surface area contributed by atoms with Gasteiger partial charge in [-0.25, -0.2) is 0 Å². The highest BCUT2D eigenvalue weighted by atomic mass is 32.1. The first-order chi connectivity index (χ1) is 10.5. The van der Waals surface area contributed by atoms with Crippen molar-refractivity contribution in [3.05, 3.63) is 51.2 Å². The number of fused-ring (bicyclic) bond motifs is 1. The number of rotatable bonds is 3. The molecule has 0 bridgehead atoms. The van der Waals surface area contributed by atoms with Gasteiger partial charge in [-0.3, -0.25) is 9.59 Å². The second kappa shape index (κ2) is 6.05. The van der Waals surface area contributed by atoms with Crippen LogP contribution < -0.4 is 5.32 Å². The van der Waals surface area contributed by atoms with Crippen LogP contribution in [0.3, 0.4) is 0 Å². The number of Topliss-reactive ketones (excluding diaryl/α,β-unsaturated/α-hetero) is 1. The van der Waals surface area contributed by atoms with Crippen molar-refractivity contribution in [1.82, 2.24) is 0 Å². The molecule has 0 fully saturated rings. The molecule has 0 saturated heterocycles. The van der Waals surface area contributed by atoms with E-state index in [-0.39, 0.29) is 11.7 Å². The number of ketones is 1. The highest BCUT2D eigenvalue weighted by Gasteiger charge is 2.20. The summed E-state index contributed by atoms with van der Waals surface area (Å²) in [6.45, 7) is 3.79. The number of nitrogens with one attached hydrogen (secondary N) is 1. The molecule has 2 aromatic rings. The zero-order chi connectivity index (χ0) is 15.7. The van der Waals surface area contributed by atoms with E-state index in [0.717, 1.165) is 23.4 Å². The third kappa shape index (κ3) is 3.12. The number of aryl methyl sites for hydroxylation is 1. The van der Waals surface area contributed by atoms with Crippen molar-refractivity contribution in [2.45, 2.75) is 33.1 Å². The number of hydrogen-bond acceptors (Lipinski definition) is 3. The number of benzene rings is 1. The van der Waals surface area contributed by atoms with Gasteiger partial charge in [-0.15, -0.1) is 11.3 Å². The lowest BCUT2D eigenvalue weighted by molar-refractivity contribution is 0.101. The highest BCUT2D eigenvalue weighted by molar-refractivity contribution is 7.14. The van der Waals surface area contributed by atoms with Gasteiger partial charge in [0.2, 0.25) is 0 Å². The molecule has 0 spiro atoms. The van der Waals surface area contributed by atoms with Crippen molar-refractivity contribution < 1.29 is 9.59 Å². The Morgan fingerprint density at radius 3 is 2.64 bits per heavy atom. The van der Waals surface area contributed by atoms with Crippen LogP contribution in [0.5, 0.6) is 0 Å². The van der Waals surface area contributed by atoms with E-state index in [1.165, 1.54) is 23.8 Å². The van der Waals surface area contributed by atoms with Crippen molar-refractivity contribution in [3.8, 4) is 0 Å². The van der Waals surface area contributed by atoms with Gasteiger partial charge in [-0.2, -0.15) is 0 Å². The van der Waals surface area contributed by atoms with Gasteiger partial charge in [0.1, 0.15) is 0 Å². The van der Waals surface area contributed by atoms with Crippen LogP contribution in [0, 0.1) is 5.92 Å². The second-order valence-electron chi connectivity index (χ2n) is 5.99. The summed E-state index contributed by atoms with van der Waals surface area (Å²) >= 11 is 1.61. The van der Waals surface area contributed by atoms with Crippen LogP contribution >= 0.6 is 11.3 Å². The number of hydrogen-bond donors (Lipinski definition) is 1. The lowest BCUT2D eigenvalue weighted by atomic mass is 9.90. The van der Waals surface area contributed by atoms with Gasteiger partial charge in [0, 0.05) is 16.1 Å².